The van der Waals surface area contributed by atoms with E-state index in [0.717, 1.165) is 32.3 Å². The van der Waals surface area contributed by atoms with Crippen LogP contribution in [0.25, 0.3) is 11.1 Å². The van der Waals surface area contributed by atoms with Gasteiger partial charge >= 0.3 is 6.09 Å². The molecule has 3 rings (SSSR count). The Bertz CT molecular complexity index is 1040. The van der Waals surface area contributed by atoms with Crippen LogP contribution in [0, 0.1) is 13.8 Å². The fraction of sp³-hybridized carbons (Fsp3) is 0.280. The molecule has 1 aromatic heterocycles. The molecule has 4 nitrogen and oxygen atoms in total. The number of hydrogen-bond acceptors (Lipinski definition) is 3. The number of rotatable bonds is 4. The molecule has 0 radical (unpaired) electrons. The van der Waals surface area contributed by atoms with E-state index in [1.807, 2.05) is 52.0 Å². The Kier molecular flexibility index (Phi) is 6.61. The van der Waals surface area contributed by atoms with Gasteiger partial charge in [0.2, 0.25) is 0 Å². The molecular formula is C25H27BrN2O2. The summed E-state index contributed by atoms with van der Waals surface area (Å²) >= 11 is 3.49. The number of pyridine rings is 1. The molecule has 0 saturated heterocycles. The average Bonchev–Trinajstić information content (AvgIpc) is 2.65. The topological polar surface area (TPSA) is 42.4 Å². The van der Waals surface area contributed by atoms with E-state index in [1.54, 1.807) is 11.1 Å². The third-order valence-corrected chi connectivity index (χ3v) is 5.04. The van der Waals surface area contributed by atoms with Crippen LogP contribution in [-0.4, -0.2) is 16.7 Å². The van der Waals surface area contributed by atoms with Gasteiger partial charge in [-0.1, -0.05) is 51.8 Å². The monoisotopic (exact) mass is 466 g/mol. The van der Waals surface area contributed by atoms with Crippen LogP contribution in [0.4, 0.5) is 10.6 Å². The molecule has 0 spiro atoms. The van der Waals surface area contributed by atoms with Crippen molar-refractivity contribution in [3.05, 3.63) is 82.0 Å². The van der Waals surface area contributed by atoms with E-state index in [9.17, 15) is 4.79 Å². The molecule has 0 aliphatic heterocycles. The lowest BCUT2D eigenvalue weighted by Crippen LogP contribution is -2.37. The van der Waals surface area contributed by atoms with Crippen LogP contribution in [-0.2, 0) is 11.3 Å². The lowest BCUT2D eigenvalue weighted by Gasteiger charge is -2.28. The zero-order valence-corrected chi connectivity index (χ0v) is 19.7. The summed E-state index contributed by atoms with van der Waals surface area (Å²) in [5.41, 5.74) is 4.72. The number of anilines is 1. The first-order valence-electron chi connectivity index (χ1n) is 9.91. The van der Waals surface area contributed by atoms with Crippen molar-refractivity contribution >= 4 is 27.8 Å². The maximum absolute atomic E-state index is 13.1. The highest BCUT2D eigenvalue weighted by atomic mass is 79.9. The summed E-state index contributed by atoms with van der Waals surface area (Å²) in [4.78, 5) is 19.1. The molecule has 0 unspecified atom stereocenters. The normalized spacial score (nSPS) is 11.3. The minimum atomic E-state index is -0.590. The molecule has 0 aliphatic rings. The van der Waals surface area contributed by atoms with Crippen LogP contribution in [0.15, 0.2) is 65.3 Å². The van der Waals surface area contributed by atoms with Crippen molar-refractivity contribution in [3.8, 4) is 11.1 Å². The third kappa shape index (κ3) is 5.70. The van der Waals surface area contributed by atoms with E-state index < -0.39 is 11.7 Å². The first-order chi connectivity index (χ1) is 14.1. The fourth-order valence-corrected chi connectivity index (χ4v) is 3.51. The predicted molar refractivity (Wildman–Crippen MR) is 126 cm³/mol. The Hall–Kier alpha value is -2.66. The number of hydrogen-bond donors (Lipinski definition) is 0. The molecule has 0 fully saturated rings. The number of aryl methyl sites for hydroxylation is 2. The zero-order valence-electron chi connectivity index (χ0n) is 18.1. The maximum Gasteiger partial charge on any atom is 0.416 e. The Balaban J connectivity index is 1.99. The molecular weight excluding hydrogens is 440 g/mol. The zero-order chi connectivity index (χ0) is 21.9. The summed E-state index contributed by atoms with van der Waals surface area (Å²) in [6, 6.07) is 18.4. The number of amides is 1. The van der Waals surface area contributed by atoms with E-state index in [1.165, 1.54) is 0 Å². The summed E-state index contributed by atoms with van der Waals surface area (Å²) in [5, 5.41) is 0. The minimum Gasteiger partial charge on any atom is -0.443 e. The number of ether oxygens (including phenoxy) is 1. The van der Waals surface area contributed by atoms with Gasteiger partial charge in [0, 0.05) is 10.7 Å². The summed E-state index contributed by atoms with van der Waals surface area (Å²) < 4.78 is 6.72. The highest BCUT2D eigenvalue weighted by Crippen LogP contribution is 2.27. The van der Waals surface area contributed by atoms with Crippen molar-refractivity contribution < 1.29 is 9.53 Å². The Morgan fingerprint density at radius 2 is 1.73 bits per heavy atom. The molecule has 2 aromatic carbocycles. The van der Waals surface area contributed by atoms with Crippen LogP contribution in [0.2, 0.25) is 0 Å². The van der Waals surface area contributed by atoms with Crippen LogP contribution < -0.4 is 4.90 Å². The van der Waals surface area contributed by atoms with Crippen molar-refractivity contribution in [1.82, 2.24) is 4.98 Å². The molecule has 5 heteroatoms. The Morgan fingerprint density at radius 3 is 2.37 bits per heavy atom. The van der Waals surface area contributed by atoms with Gasteiger partial charge in [0.1, 0.15) is 11.4 Å². The number of aromatic nitrogens is 1. The number of halogens is 1. The van der Waals surface area contributed by atoms with E-state index >= 15 is 0 Å². The maximum atomic E-state index is 13.1. The molecule has 30 heavy (non-hydrogen) atoms. The second-order valence-electron chi connectivity index (χ2n) is 8.42. The molecule has 0 saturated carbocycles. The van der Waals surface area contributed by atoms with Crippen molar-refractivity contribution in [2.75, 3.05) is 4.90 Å². The van der Waals surface area contributed by atoms with Gasteiger partial charge in [0.15, 0.2) is 0 Å². The summed E-state index contributed by atoms with van der Waals surface area (Å²) in [5.74, 6) is 0.610. The standard InChI is InChI=1S/C25H27BrN2O2/c1-17-13-19(15-21(14-17)20-8-10-22(26)11-9-20)16-28(24(29)30-25(3,4)5)23-18(2)7-6-12-27-23/h6-15H,16H2,1-5H3. The van der Waals surface area contributed by atoms with E-state index in [2.05, 4.69) is 58.2 Å². The largest absolute Gasteiger partial charge is 0.443 e. The second-order valence-corrected chi connectivity index (χ2v) is 9.34. The van der Waals surface area contributed by atoms with Gasteiger partial charge in [-0.25, -0.2) is 9.78 Å². The van der Waals surface area contributed by atoms with Gasteiger partial charge in [-0.15, -0.1) is 0 Å². The lowest BCUT2D eigenvalue weighted by atomic mass is 10.00. The Morgan fingerprint density at radius 1 is 1.03 bits per heavy atom. The highest BCUT2D eigenvalue weighted by Gasteiger charge is 2.25. The highest BCUT2D eigenvalue weighted by molar-refractivity contribution is 9.10. The van der Waals surface area contributed by atoms with E-state index in [4.69, 9.17) is 4.74 Å². The number of carbonyl (C=O) groups is 1. The Labute approximate surface area is 187 Å². The fourth-order valence-electron chi connectivity index (χ4n) is 3.25. The molecule has 1 heterocycles. The van der Waals surface area contributed by atoms with Gasteiger partial charge < -0.3 is 4.74 Å². The average molecular weight is 467 g/mol. The van der Waals surface area contributed by atoms with Crippen LogP contribution in [0.3, 0.4) is 0 Å². The van der Waals surface area contributed by atoms with Gasteiger partial charge in [-0.2, -0.15) is 0 Å². The van der Waals surface area contributed by atoms with Gasteiger partial charge in [-0.3, -0.25) is 4.90 Å². The van der Waals surface area contributed by atoms with Crippen molar-refractivity contribution in [2.24, 2.45) is 0 Å². The quantitative estimate of drug-likeness (QED) is 0.412. The number of nitrogens with zero attached hydrogens (tertiary/aromatic N) is 2. The van der Waals surface area contributed by atoms with Crippen LogP contribution in [0.1, 0.15) is 37.5 Å². The first-order valence-corrected chi connectivity index (χ1v) is 10.7. The van der Waals surface area contributed by atoms with E-state index in [0.29, 0.717) is 12.4 Å². The summed E-state index contributed by atoms with van der Waals surface area (Å²) in [7, 11) is 0. The van der Waals surface area contributed by atoms with Crippen molar-refractivity contribution in [1.29, 1.82) is 0 Å². The van der Waals surface area contributed by atoms with Gasteiger partial charge in [-0.05, 0) is 81.1 Å². The van der Waals surface area contributed by atoms with Crippen LogP contribution >= 0.6 is 15.9 Å². The second kappa shape index (κ2) is 9.00. The first kappa shape index (κ1) is 22.0. The summed E-state index contributed by atoms with van der Waals surface area (Å²) in [6.45, 7) is 9.99. The smallest absolute Gasteiger partial charge is 0.416 e. The van der Waals surface area contributed by atoms with E-state index in [-0.39, 0.29) is 0 Å². The molecule has 3 aromatic rings. The molecule has 156 valence electrons. The molecule has 0 N–H and O–H groups in total. The van der Waals surface area contributed by atoms with Gasteiger partial charge in [0.25, 0.3) is 0 Å². The van der Waals surface area contributed by atoms with Crippen molar-refractivity contribution in [3.63, 3.8) is 0 Å². The van der Waals surface area contributed by atoms with Gasteiger partial charge in [0.05, 0.1) is 6.54 Å². The predicted octanol–water partition coefficient (Wildman–Crippen LogP) is 7.07. The molecule has 0 atom stereocenters. The van der Waals surface area contributed by atoms with Crippen molar-refractivity contribution in [2.45, 2.75) is 46.8 Å². The number of benzene rings is 2. The molecule has 0 bridgehead atoms. The molecule has 1 amide bonds. The number of carbonyl (C=O) groups excluding carboxylic acids is 1. The van der Waals surface area contributed by atoms with Crippen LogP contribution in [0.5, 0.6) is 0 Å². The minimum absolute atomic E-state index is 0.373. The third-order valence-electron chi connectivity index (χ3n) is 4.51. The lowest BCUT2D eigenvalue weighted by molar-refractivity contribution is 0.0576. The SMILES string of the molecule is Cc1cc(CN(C(=O)OC(C)(C)C)c2ncccc2C)cc(-c2ccc(Br)cc2)c1. The molecule has 0 aliphatic carbocycles. The summed E-state index contributed by atoms with van der Waals surface area (Å²) in [6.07, 6.45) is 1.29.